The van der Waals surface area contributed by atoms with Gasteiger partial charge in [0.15, 0.2) is 5.82 Å². The van der Waals surface area contributed by atoms with Crippen molar-refractivity contribution in [2.45, 2.75) is 38.6 Å². The van der Waals surface area contributed by atoms with Crippen LogP contribution in [-0.2, 0) is 0 Å². The Balaban J connectivity index is 1.51. The molecule has 92 valence electrons. The number of carbonyl (C=O) groups is 1. The predicted octanol–water partition coefficient (Wildman–Crippen LogP) is 2.29. The molecule has 17 heavy (non-hydrogen) atoms. The first-order valence-corrected chi connectivity index (χ1v) is 6.25. The first-order chi connectivity index (χ1) is 8.24. The fourth-order valence-electron chi connectivity index (χ4n) is 2.94. The summed E-state index contributed by atoms with van der Waals surface area (Å²) in [6.45, 7) is 1.80. The molecule has 2 aliphatic carbocycles. The van der Waals surface area contributed by atoms with Crippen molar-refractivity contribution < 1.29 is 9.32 Å². The van der Waals surface area contributed by atoms with E-state index in [4.69, 9.17) is 4.52 Å². The Morgan fingerprint density at radius 1 is 1.41 bits per heavy atom. The van der Waals surface area contributed by atoms with Crippen molar-refractivity contribution >= 4 is 11.8 Å². The average Bonchev–Trinajstić information content (AvgIpc) is 2.84. The van der Waals surface area contributed by atoms with E-state index in [2.05, 4.69) is 15.8 Å². The fourth-order valence-corrected chi connectivity index (χ4v) is 2.94. The Morgan fingerprint density at radius 2 is 2.12 bits per heavy atom. The maximum absolute atomic E-state index is 11.7. The number of urea groups is 1. The van der Waals surface area contributed by atoms with Crippen LogP contribution in [0.15, 0.2) is 10.6 Å². The molecule has 0 spiro atoms. The summed E-state index contributed by atoms with van der Waals surface area (Å²) < 4.78 is 4.89. The Hall–Kier alpha value is -1.52. The van der Waals surface area contributed by atoms with Gasteiger partial charge in [-0.2, -0.15) is 0 Å². The standard InChI is InChI=1S/C12H17N3O2/c1-7-6-10(15-17-7)13-12(16)14-11-8-4-2-3-5-9(8)11/h6,8-9,11H,2-5H2,1H3,(H2,13,14,15,16)/t8-,9-/m1/s1. The second kappa shape index (κ2) is 4.05. The van der Waals surface area contributed by atoms with Gasteiger partial charge in [-0.3, -0.25) is 5.32 Å². The molecule has 3 rings (SSSR count). The Morgan fingerprint density at radius 3 is 2.71 bits per heavy atom. The Labute approximate surface area is 99.9 Å². The van der Waals surface area contributed by atoms with Crippen LogP contribution in [0.4, 0.5) is 10.6 Å². The molecule has 0 aliphatic heterocycles. The monoisotopic (exact) mass is 235 g/mol. The van der Waals surface area contributed by atoms with Gasteiger partial charge in [0.05, 0.1) is 0 Å². The normalized spacial score (nSPS) is 30.5. The number of fused-ring (bicyclic) bond motifs is 1. The van der Waals surface area contributed by atoms with Gasteiger partial charge in [0.2, 0.25) is 0 Å². The summed E-state index contributed by atoms with van der Waals surface area (Å²) in [4.78, 5) is 11.7. The minimum Gasteiger partial charge on any atom is -0.360 e. The summed E-state index contributed by atoms with van der Waals surface area (Å²) in [5.74, 6) is 2.60. The van der Waals surface area contributed by atoms with Gasteiger partial charge in [-0.25, -0.2) is 4.79 Å². The summed E-state index contributed by atoms with van der Waals surface area (Å²) in [7, 11) is 0. The summed E-state index contributed by atoms with van der Waals surface area (Å²) in [6, 6.07) is 1.92. The van der Waals surface area contributed by atoms with Crippen molar-refractivity contribution in [1.29, 1.82) is 0 Å². The molecule has 2 amide bonds. The Bertz CT molecular complexity index is 417. The maximum Gasteiger partial charge on any atom is 0.320 e. The topological polar surface area (TPSA) is 67.2 Å². The van der Waals surface area contributed by atoms with Gasteiger partial charge >= 0.3 is 6.03 Å². The van der Waals surface area contributed by atoms with Crippen LogP contribution in [0.25, 0.3) is 0 Å². The van der Waals surface area contributed by atoms with Crippen molar-refractivity contribution in [3.05, 3.63) is 11.8 Å². The van der Waals surface area contributed by atoms with Crippen LogP contribution in [0.2, 0.25) is 0 Å². The number of aryl methyl sites for hydroxylation is 1. The molecule has 0 saturated heterocycles. The lowest BCUT2D eigenvalue weighted by molar-refractivity contribution is 0.250. The summed E-state index contributed by atoms with van der Waals surface area (Å²) in [6.07, 6.45) is 5.14. The highest BCUT2D eigenvalue weighted by atomic mass is 16.5. The molecular formula is C12H17N3O2. The highest BCUT2D eigenvalue weighted by Gasteiger charge is 2.51. The molecule has 0 unspecified atom stereocenters. The van der Waals surface area contributed by atoms with Crippen LogP contribution >= 0.6 is 0 Å². The smallest absolute Gasteiger partial charge is 0.320 e. The molecule has 1 aromatic heterocycles. The molecule has 2 aliphatic rings. The van der Waals surface area contributed by atoms with Crippen molar-refractivity contribution in [3.63, 3.8) is 0 Å². The average molecular weight is 235 g/mol. The van der Waals surface area contributed by atoms with E-state index >= 15 is 0 Å². The van der Waals surface area contributed by atoms with Crippen molar-refractivity contribution in [3.8, 4) is 0 Å². The molecule has 1 heterocycles. The second-order valence-corrected chi connectivity index (χ2v) is 5.06. The summed E-state index contributed by atoms with van der Waals surface area (Å²) in [5.41, 5.74) is 0. The molecule has 2 N–H and O–H groups in total. The van der Waals surface area contributed by atoms with Crippen molar-refractivity contribution in [1.82, 2.24) is 10.5 Å². The summed E-state index contributed by atoms with van der Waals surface area (Å²) in [5, 5.41) is 9.44. The van der Waals surface area contributed by atoms with Crippen LogP contribution < -0.4 is 10.6 Å². The zero-order valence-corrected chi connectivity index (χ0v) is 9.90. The zero-order chi connectivity index (χ0) is 11.8. The number of amides is 2. The van der Waals surface area contributed by atoms with E-state index in [1.165, 1.54) is 25.7 Å². The van der Waals surface area contributed by atoms with E-state index in [0.29, 0.717) is 29.5 Å². The predicted molar refractivity (Wildman–Crippen MR) is 62.6 cm³/mol. The van der Waals surface area contributed by atoms with Crippen LogP contribution in [-0.4, -0.2) is 17.2 Å². The molecule has 2 fully saturated rings. The minimum atomic E-state index is -0.169. The molecule has 0 aromatic carbocycles. The van der Waals surface area contributed by atoms with Gasteiger partial charge in [-0.15, -0.1) is 0 Å². The van der Waals surface area contributed by atoms with E-state index in [9.17, 15) is 4.79 Å². The lowest BCUT2D eigenvalue weighted by Crippen LogP contribution is -2.32. The van der Waals surface area contributed by atoms with E-state index in [0.717, 1.165) is 0 Å². The largest absolute Gasteiger partial charge is 0.360 e. The summed E-state index contributed by atoms with van der Waals surface area (Å²) >= 11 is 0. The van der Waals surface area contributed by atoms with Gasteiger partial charge in [0, 0.05) is 12.1 Å². The van der Waals surface area contributed by atoms with Crippen molar-refractivity contribution in [2.75, 3.05) is 5.32 Å². The fraction of sp³-hybridized carbons (Fsp3) is 0.667. The number of anilines is 1. The van der Waals surface area contributed by atoms with E-state index in [1.807, 2.05) is 0 Å². The number of aromatic nitrogens is 1. The SMILES string of the molecule is Cc1cc(NC(=O)NC2[C@@H]3CCCC[C@@H]23)no1. The number of nitrogens with zero attached hydrogens (tertiary/aromatic N) is 1. The third kappa shape index (κ3) is 2.14. The number of carbonyl (C=O) groups excluding carboxylic acids is 1. The van der Waals surface area contributed by atoms with Gasteiger partial charge in [-0.1, -0.05) is 18.0 Å². The first kappa shape index (κ1) is 10.6. The molecule has 0 radical (unpaired) electrons. The molecule has 0 bridgehead atoms. The number of nitrogens with one attached hydrogen (secondary N) is 2. The van der Waals surface area contributed by atoms with E-state index < -0.39 is 0 Å². The van der Waals surface area contributed by atoms with E-state index in [1.54, 1.807) is 13.0 Å². The number of hydrogen-bond donors (Lipinski definition) is 2. The number of rotatable bonds is 2. The maximum atomic E-state index is 11.7. The molecule has 2 saturated carbocycles. The van der Waals surface area contributed by atoms with E-state index in [-0.39, 0.29) is 6.03 Å². The highest BCUT2D eigenvalue weighted by molar-refractivity contribution is 5.88. The van der Waals surface area contributed by atoms with Crippen molar-refractivity contribution in [2.24, 2.45) is 11.8 Å². The molecule has 5 heteroatoms. The van der Waals surface area contributed by atoms with Crippen LogP contribution in [0.1, 0.15) is 31.4 Å². The molecule has 2 atom stereocenters. The third-order valence-electron chi connectivity index (χ3n) is 3.82. The number of hydrogen-bond acceptors (Lipinski definition) is 3. The molecule has 1 aromatic rings. The van der Waals surface area contributed by atoms with Gasteiger partial charge < -0.3 is 9.84 Å². The highest BCUT2D eigenvalue weighted by Crippen LogP contribution is 2.49. The lowest BCUT2D eigenvalue weighted by Gasteiger charge is -2.04. The zero-order valence-electron chi connectivity index (χ0n) is 9.90. The van der Waals surface area contributed by atoms with Gasteiger partial charge in [0.25, 0.3) is 0 Å². The first-order valence-electron chi connectivity index (χ1n) is 6.25. The molecule has 5 nitrogen and oxygen atoms in total. The van der Waals surface area contributed by atoms with Gasteiger partial charge in [-0.05, 0) is 31.6 Å². The van der Waals surface area contributed by atoms with Crippen LogP contribution in [0.5, 0.6) is 0 Å². The van der Waals surface area contributed by atoms with Crippen LogP contribution in [0, 0.1) is 18.8 Å². The second-order valence-electron chi connectivity index (χ2n) is 5.06. The van der Waals surface area contributed by atoms with Gasteiger partial charge in [0.1, 0.15) is 5.76 Å². The molecular weight excluding hydrogens is 218 g/mol. The lowest BCUT2D eigenvalue weighted by atomic mass is 10.0. The minimum absolute atomic E-state index is 0.169. The third-order valence-corrected chi connectivity index (χ3v) is 3.82. The quantitative estimate of drug-likeness (QED) is 0.826. The van der Waals surface area contributed by atoms with Crippen LogP contribution in [0.3, 0.4) is 0 Å². The Kier molecular flexibility index (Phi) is 2.53.